The summed E-state index contributed by atoms with van der Waals surface area (Å²) in [7, 11) is 0. The molecule has 0 heteroatoms. The molecule has 10 saturated carbocycles. The van der Waals surface area contributed by atoms with Gasteiger partial charge in [-0.3, -0.25) is 0 Å². The van der Waals surface area contributed by atoms with Crippen LogP contribution >= 0.6 is 0 Å². The summed E-state index contributed by atoms with van der Waals surface area (Å²) in [5, 5.41) is 0. The molecule has 10 fully saturated rings. The van der Waals surface area contributed by atoms with Crippen LogP contribution in [0.2, 0.25) is 0 Å². The van der Waals surface area contributed by atoms with Gasteiger partial charge in [-0.25, -0.2) is 0 Å². The van der Waals surface area contributed by atoms with Gasteiger partial charge in [0.05, 0.1) is 0 Å². The Hall–Kier alpha value is -1.30. The second-order valence-corrected chi connectivity index (χ2v) is 34.4. The van der Waals surface area contributed by atoms with Gasteiger partial charge < -0.3 is 0 Å². The molecule has 0 radical (unpaired) electrons. The van der Waals surface area contributed by atoms with Crippen molar-refractivity contribution >= 4 is 0 Å². The normalized spacial score (nSPS) is 37.4. The van der Waals surface area contributed by atoms with Crippen molar-refractivity contribution in [2.75, 3.05) is 0 Å². The molecule has 0 unspecified atom stereocenters. The molecule has 0 aromatic rings. The molecular weight excluding hydrogens is 1090 g/mol. The molecule has 0 amide bonds. The van der Waals surface area contributed by atoms with Crippen LogP contribution in [0.25, 0.3) is 0 Å². The summed E-state index contributed by atoms with van der Waals surface area (Å²) < 4.78 is 0. The highest BCUT2D eigenvalue weighted by Gasteiger charge is 2.35. The maximum atomic E-state index is 3.97. The summed E-state index contributed by atoms with van der Waals surface area (Å²) in [5.41, 5.74) is 0. The third kappa shape index (κ3) is 29.8. The minimum Gasteiger partial charge on any atom is -0.103 e. The first-order chi connectivity index (χ1) is 44.7. The second kappa shape index (κ2) is 47.6. The lowest BCUT2D eigenvalue weighted by Crippen LogP contribution is -2.25. The van der Waals surface area contributed by atoms with Crippen molar-refractivity contribution in [1.29, 1.82) is 0 Å². The Morgan fingerprint density at radius 3 is 0.582 bits per heavy atom. The fourth-order valence-electron chi connectivity index (χ4n) is 21.9. The summed E-state index contributed by atoms with van der Waals surface area (Å²) >= 11 is 0. The van der Waals surface area contributed by atoms with Crippen molar-refractivity contribution in [3.63, 3.8) is 0 Å². The highest BCUT2D eigenvalue weighted by atomic mass is 14.4. The Kier molecular flexibility index (Phi) is 41.2. The van der Waals surface area contributed by atoms with E-state index < -0.39 is 0 Å². The van der Waals surface area contributed by atoms with Crippen LogP contribution in [-0.2, 0) is 0 Å². The first-order valence-corrected chi connectivity index (χ1v) is 42.8. The predicted octanol–water partition coefficient (Wildman–Crippen LogP) is 30.3. The van der Waals surface area contributed by atoms with Gasteiger partial charge in [0.15, 0.2) is 0 Å². The van der Waals surface area contributed by atoms with E-state index in [0.29, 0.717) is 0 Å². The van der Waals surface area contributed by atoms with Crippen molar-refractivity contribution < 1.29 is 0 Å². The zero-order chi connectivity index (χ0) is 64.7. The highest BCUT2D eigenvalue weighted by Crippen LogP contribution is 2.48. The lowest BCUT2D eigenvalue weighted by molar-refractivity contribution is 0.151. The molecule has 0 aromatic heterocycles. The smallest absolute Gasteiger partial charge is 0.0233 e. The number of allylic oxidation sites excluding steroid dienone is 7. The molecule has 0 atom stereocenters. The SMILES string of the molecule is C/C=C/C1CCC(C2CCC(CCC)CC2)CC1.C/C=C/C1CCC(C2CCC(CCCC)CC2)CC1.C=CC1CCC(C2CCC(CCC)CC2)CC1.C=CC1CCC(C2CCC(CCCC)CC2)CC1.C=CC1CCC(C2CCC(CCCCC)CC2)CC1. The minimum absolute atomic E-state index is 0.835. The fourth-order valence-corrected chi connectivity index (χ4v) is 21.9. The van der Waals surface area contributed by atoms with Crippen LogP contribution in [0, 0.1) is 118 Å². The fraction of sp³-hybridized carbons (Fsp3) is 0.890. The average molecular weight is 1260 g/mol. The molecule has 0 saturated heterocycles. The monoisotopic (exact) mass is 1260 g/mol. The first-order valence-electron chi connectivity index (χ1n) is 42.8. The van der Waals surface area contributed by atoms with Crippen molar-refractivity contribution in [1.82, 2.24) is 0 Å². The van der Waals surface area contributed by atoms with Gasteiger partial charge in [-0.15, -0.1) is 19.7 Å². The lowest BCUT2D eigenvalue weighted by atomic mass is 9.68. The third-order valence-corrected chi connectivity index (χ3v) is 28.3. The van der Waals surface area contributed by atoms with Gasteiger partial charge in [-0.2, -0.15) is 0 Å². The van der Waals surface area contributed by atoms with Gasteiger partial charge in [-0.1, -0.05) is 231 Å². The molecule has 91 heavy (non-hydrogen) atoms. The molecular formula is C91H162. The number of hydrogen-bond donors (Lipinski definition) is 0. The van der Waals surface area contributed by atoms with Crippen molar-refractivity contribution in [2.45, 2.75) is 395 Å². The van der Waals surface area contributed by atoms with Crippen LogP contribution < -0.4 is 0 Å². The van der Waals surface area contributed by atoms with E-state index in [4.69, 9.17) is 0 Å². The van der Waals surface area contributed by atoms with Gasteiger partial charge in [0, 0.05) is 0 Å². The van der Waals surface area contributed by atoms with Crippen molar-refractivity contribution in [3.8, 4) is 0 Å². The Bertz CT molecular complexity index is 1780. The van der Waals surface area contributed by atoms with Crippen LogP contribution in [0.5, 0.6) is 0 Å². The van der Waals surface area contributed by atoms with Crippen LogP contribution in [0.15, 0.2) is 62.3 Å². The zero-order valence-corrected chi connectivity index (χ0v) is 62.9. The lowest BCUT2D eigenvalue weighted by Gasteiger charge is -2.37. The molecule has 526 valence electrons. The van der Waals surface area contributed by atoms with E-state index in [1.165, 1.54) is 295 Å². The van der Waals surface area contributed by atoms with E-state index in [2.05, 4.69) is 111 Å². The summed E-state index contributed by atoms with van der Waals surface area (Å²) in [5.74, 6) is 20.4. The van der Waals surface area contributed by atoms with Crippen LogP contribution in [0.1, 0.15) is 395 Å². The number of rotatable bonds is 24. The highest BCUT2D eigenvalue weighted by molar-refractivity contribution is 4.94. The summed E-state index contributed by atoms with van der Waals surface area (Å²) in [4.78, 5) is 0. The molecule has 0 aliphatic heterocycles. The number of hydrogen-bond acceptors (Lipinski definition) is 0. The summed E-state index contributed by atoms with van der Waals surface area (Å²) in [6, 6.07) is 0. The largest absolute Gasteiger partial charge is 0.103 e. The van der Waals surface area contributed by atoms with Crippen molar-refractivity contribution in [3.05, 3.63) is 62.3 Å². The Morgan fingerprint density at radius 1 is 0.209 bits per heavy atom. The van der Waals surface area contributed by atoms with Gasteiger partial charge in [-0.05, 0) is 325 Å². The van der Waals surface area contributed by atoms with Crippen LogP contribution in [0.3, 0.4) is 0 Å². The van der Waals surface area contributed by atoms with E-state index in [1.807, 2.05) is 0 Å². The Balaban J connectivity index is 0.000000181. The standard InChI is InChI=1S/2C19H34.2C18H32.C17H30/c1-3-5-6-7-17-10-14-19(15-11-17)18-12-8-16(4-2)9-13-18;1-3-5-7-17-10-14-19(15-11-17)18-12-8-16(6-4-2)9-13-18;1-3-5-6-16-9-13-18(14-10-16)17-11-7-15(4-2)8-12-17;1-3-5-15-7-11-17(12-8-15)18-13-9-16(6-4-2)10-14-18;1-3-5-15-8-12-17(13-9-15)16-10-6-14(4-2)7-11-16/h4,16-19H,2-3,5-15H2,1H3;4,6,16-19H,3,5,7-15H2,1-2H3;4,15-18H,2-3,5-14H2,1H3;3,5,15-18H,4,6-14H2,1-2H3;4,14-17H,2-3,5-13H2,1H3/b;6-4+;;5-3+;. The molecule has 10 aliphatic carbocycles. The van der Waals surface area contributed by atoms with Crippen LogP contribution in [0.4, 0.5) is 0 Å². The predicted molar refractivity (Wildman–Crippen MR) is 408 cm³/mol. The molecule has 0 N–H and O–H groups in total. The molecule has 0 nitrogen and oxygen atoms in total. The van der Waals surface area contributed by atoms with Crippen LogP contribution in [-0.4, -0.2) is 0 Å². The zero-order valence-electron chi connectivity index (χ0n) is 62.9. The average Bonchev–Trinajstić information content (AvgIpc) is 2.41. The van der Waals surface area contributed by atoms with Crippen molar-refractivity contribution in [2.24, 2.45) is 118 Å². The van der Waals surface area contributed by atoms with E-state index >= 15 is 0 Å². The first kappa shape index (κ1) is 78.7. The maximum absolute atomic E-state index is 3.97. The van der Waals surface area contributed by atoms with Gasteiger partial charge in [0.1, 0.15) is 0 Å². The van der Waals surface area contributed by atoms with E-state index in [1.54, 1.807) is 51.4 Å². The van der Waals surface area contributed by atoms with Gasteiger partial charge in [0.25, 0.3) is 0 Å². The van der Waals surface area contributed by atoms with E-state index in [0.717, 1.165) is 118 Å². The second-order valence-electron chi connectivity index (χ2n) is 34.4. The Labute approximate surface area is 572 Å². The Morgan fingerprint density at radius 2 is 0.396 bits per heavy atom. The third-order valence-electron chi connectivity index (χ3n) is 28.3. The minimum atomic E-state index is 0.835. The molecule has 10 aliphatic rings. The summed E-state index contributed by atoms with van der Waals surface area (Å²) in [6.07, 6.45) is 96.4. The molecule has 10 rings (SSSR count). The molecule has 0 spiro atoms. The van der Waals surface area contributed by atoms with E-state index in [-0.39, 0.29) is 0 Å². The van der Waals surface area contributed by atoms with E-state index in [9.17, 15) is 0 Å². The molecule has 0 bridgehead atoms. The summed E-state index contributed by atoms with van der Waals surface area (Å²) in [6.45, 7) is 27.9. The maximum Gasteiger partial charge on any atom is -0.0233 e. The quantitative estimate of drug-likeness (QED) is 0.0667. The van der Waals surface area contributed by atoms with Gasteiger partial charge in [0.2, 0.25) is 0 Å². The van der Waals surface area contributed by atoms with Gasteiger partial charge >= 0.3 is 0 Å². The molecule has 0 aromatic carbocycles. The number of unbranched alkanes of at least 4 members (excludes halogenated alkanes) is 4. The topological polar surface area (TPSA) is 0 Å². The molecule has 0 heterocycles.